The number of aromatic hydroxyl groups is 1. The highest BCUT2D eigenvalue weighted by Gasteiger charge is 2.17. The molecule has 108 valence electrons. The summed E-state index contributed by atoms with van der Waals surface area (Å²) in [5.41, 5.74) is 4.20. The number of aromatic nitrogens is 2. The first-order chi connectivity index (χ1) is 9.67. The van der Waals surface area contributed by atoms with Crippen LogP contribution < -0.4 is 0 Å². The van der Waals surface area contributed by atoms with Crippen molar-refractivity contribution in [2.75, 3.05) is 0 Å². The van der Waals surface area contributed by atoms with Crippen LogP contribution in [-0.4, -0.2) is 14.9 Å². The molecule has 0 atom stereocenters. The highest BCUT2D eigenvalue weighted by molar-refractivity contribution is 5.41. The fourth-order valence-corrected chi connectivity index (χ4v) is 2.40. The highest BCUT2D eigenvalue weighted by Crippen LogP contribution is 2.27. The van der Waals surface area contributed by atoms with E-state index in [1.807, 2.05) is 24.3 Å². The van der Waals surface area contributed by atoms with Crippen LogP contribution in [0.1, 0.15) is 49.9 Å². The van der Waals surface area contributed by atoms with Gasteiger partial charge in [0, 0.05) is 5.56 Å². The largest absolute Gasteiger partial charge is 0.493 e. The lowest BCUT2D eigenvalue weighted by molar-refractivity contribution is 0.427. The monoisotopic (exact) mass is 272 g/mol. The molecule has 0 saturated carbocycles. The highest BCUT2D eigenvalue weighted by atomic mass is 16.3. The van der Waals surface area contributed by atoms with Gasteiger partial charge in [0.15, 0.2) is 0 Å². The van der Waals surface area contributed by atoms with Gasteiger partial charge >= 0.3 is 0 Å². The molecule has 0 spiro atoms. The average molecular weight is 272 g/mol. The van der Waals surface area contributed by atoms with Crippen molar-refractivity contribution in [3.05, 3.63) is 41.1 Å². The summed E-state index contributed by atoms with van der Waals surface area (Å²) < 4.78 is 1.68. The standard InChI is InChI=1S/C17H24N2O/c1-4-6-8-15-16(7-5-2)18-19(17(15)20)14-11-9-13(3)10-12-14/h9-12,20H,4-8H2,1-3H3. The first-order valence-corrected chi connectivity index (χ1v) is 7.54. The molecule has 0 aliphatic rings. The minimum absolute atomic E-state index is 0.311. The summed E-state index contributed by atoms with van der Waals surface area (Å²) >= 11 is 0. The van der Waals surface area contributed by atoms with Crippen molar-refractivity contribution in [2.24, 2.45) is 0 Å². The predicted octanol–water partition coefficient (Wildman–Crippen LogP) is 4.18. The molecule has 1 N–H and O–H groups in total. The molecule has 2 rings (SSSR count). The molecule has 0 fully saturated rings. The first kappa shape index (κ1) is 14.6. The fourth-order valence-electron chi connectivity index (χ4n) is 2.40. The smallest absolute Gasteiger partial charge is 0.217 e. The zero-order valence-electron chi connectivity index (χ0n) is 12.7. The molecule has 0 bridgehead atoms. The number of unbranched alkanes of at least 4 members (excludes halogenated alkanes) is 1. The summed E-state index contributed by atoms with van der Waals surface area (Å²) in [7, 11) is 0. The Morgan fingerprint density at radius 3 is 2.35 bits per heavy atom. The third kappa shape index (κ3) is 3.03. The van der Waals surface area contributed by atoms with E-state index in [-0.39, 0.29) is 0 Å². The van der Waals surface area contributed by atoms with Crippen LogP contribution in [0.15, 0.2) is 24.3 Å². The van der Waals surface area contributed by atoms with Gasteiger partial charge in [-0.05, 0) is 38.3 Å². The van der Waals surface area contributed by atoms with Crippen molar-refractivity contribution in [1.29, 1.82) is 0 Å². The van der Waals surface area contributed by atoms with E-state index < -0.39 is 0 Å². The second-order valence-electron chi connectivity index (χ2n) is 5.35. The van der Waals surface area contributed by atoms with Crippen molar-refractivity contribution < 1.29 is 5.11 Å². The van der Waals surface area contributed by atoms with E-state index in [4.69, 9.17) is 0 Å². The van der Waals surface area contributed by atoms with E-state index in [2.05, 4.69) is 25.9 Å². The van der Waals surface area contributed by atoms with Crippen LogP contribution in [-0.2, 0) is 12.8 Å². The molecule has 3 heteroatoms. The van der Waals surface area contributed by atoms with Gasteiger partial charge in [0.25, 0.3) is 0 Å². The molecular weight excluding hydrogens is 248 g/mol. The summed E-state index contributed by atoms with van der Waals surface area (Å²) in [4.78, 5) is 0. The SMILES string of the molecule is CCCCc1c(CCC)nn(-c2ccc(C)cc2)c1O. The summed E-state index contributed by atoms with van der Waals surface area (Å²) in [6.07, 6.45) is 5.09. The second kappa shape index (κ2) is 6.60. The predicted molar refractivity (Wildman–Crippen MR) is 82.6 cm³/mol. The topological polar surface area (TPSA) is 38.0 Å². The van der Waals surface area contributed by atoms with Crippen LogP contribution in [0.5, 0.6) is 5.88 Å². The Hall–Kier alpha value is -1.77. The third-order valence-electron chi connectivity index (χ3n) is 3.59. The Bertz CT molecular complexity index is 555. The number of rotatable bonds is 6. The van der Waals surface area contributed by atoms with Gasteiger partial charge in [-0.2, -0.15) is 5.10 Å². The van der Waals surface area contributed by atoms with E-state index in [0.29, 0.717) is 5.88 Å². The Labute approximate surface area is 121 Å². The molecule has 1 heterocycles. The van der Waals surface area contributed by atoms with Crippen LogP contribution in [0.25, 0.3) is 5.69 Å². The zero-order valence-corrected chi connectivity index (χ0v) is 12.7. The summed E-state index contributed by atoms with van der Waals surface area (Å²) in [6.45, 7) is 6.37. The average Bonchev–Trinajstić information content (AvgIpc) is 2.75. The molecule has 0 amide bonds. The van der Waals surface area contributed by atoms with Crippen LogP contribution in [0.2, 0.25) is 0 Å². The minimum atomic E-state index is 0.311. The van der Waals surface area contributed by atoms with E-state index in [9.17, 15) is 5.11 Å². The Morgan fingerprint density at radius 1 is 1.05 bits per heavy atom. The van der Waals surface area contributed by atoms with E-state index >= 15 is 0 Å². The maximum Gasteiger partial charge on any atom is 0.217 e. The number of hydrogen-bond acceptors (Lipinski definition) is 2. The Morgan fingerprint density at radius 2 is 1.75 bits per heavy atom. The first-order valence-electron chi connectivity index (χ1n) is 7.54. The fraction of sp³-hybridized carbons (Fsp3) is 0.471. The van der Waals surface area contributed by atoms with Crippen LogP contribution in [0.3, 0.4) is 0 Å². The van der Waals surface area contributed by atoms with Gasteiger partial charge in [-0.1, -0.05) is 44.4 Å². The van der Waals surface area contributed by atoms with E-state index in [0.717, 1.165) is 49.0 Å². The number of benzene rings is 1. The van der Waals surface area contributed by atoms with Gasteiger partial charge in [0.05, 0.1) is 11.4 Å². The third-order valence-corrected chi connectivity index (χ3v) is 3.59. The number of nitrogens with zero attached hydrogens (tertiary/aromatic N) is 2. The molecule has 3 nitrogen and oxygen atoms in total. The van der Waals surface area contributed by atoms with E-state index in [1.54, 1.807) is 4.68 Å². The molecule has 1 aromatic heterocycles. The lowest BCUT2D eigenvalue weighted by atomic mass is 10.1. The summed E-state index contributed by atoms with van der Waals surface area (Å²) in [6, 6.07) is 8.09. The maximum absolute atomic E-state index is 10.5. The van der Waals surface area contributed by atoms with Crippen LogP contribution >= 0.6 is 0 Å². The molecule has 0 aliphatic carbocycles. The van der Waals surface area contributed by atoms with Crippen molar-refractivity contribution in [3.63, 3.8) is 0 Å². The molecule has 1 aromatic carbocycles. The molecule has 20 heavy (non-hydrogen) atoms. The van der Waals surface area contributed by atoms with Crippen LogP contribution in [0, 0.1) is 6.92 Å². The quantitative estimate of drug-likeness (QED) is 0.856. The van der Waals surface area contributed by atoms with Gasteiger partial charge in [-0.15, -0.1) is 0 Å². The van der Waals surface area contributed by atoms with Crippen molar-refractivity contribution >= 4 is 0 Å². The summed E-state index contributed by atoms with van der Waals surface area (Å²) in [5, 5.41) is 15.1. The van der Waals surface area contributed by atoms with E-state index in [1.165, 1.54) is 5.56 Å². The van der Waals surface area contributed by atoms with Crippen LogP contribution in [0.4, 0.5) is 0 Å². The molecule has 2 aromatic rings. The Balaban J connectivity index is 2.40. The normalized spacial score (nSPS) is 10.9. The summed E-state index contributed by atoms with van der Waals surface area (Å²) in [5.74, 6) is 0.311. The zero-order chi connectivity index (χ0) is 14.5. The van der Waals surface area contributed by atoms with Gasteiger partial charge < -0.3 is 5.11 Å². The van der Waals surface area contributed by atoms with Crippen molar-refractivity contribution in [3.8, 4) is 11.6 Å². The lowest BCUT2D eigenvalue weighted by Gasteiger charge is -2.04. The van der Waals surface area contributed by atoms with Crippen molar-refractivity contribution in [2.45, 2.75) is 52.9 Å². The van der Waals surface area contributed by atoms with Crippen molar-refractivity contribution in [1.82, 2.24) is 9.78 Å². The molecule has 0 aliphatic heterocycles. The van der Waals surface area contributed by atoms with Gasteiger partial charge in [-0.25, -0.2) is 4.68 Å². The molecule has 0 radical (unpaired) electrons. The Kier molecular flexibility index (Phi) is 4.83. The molecule has 0 saturated heterocycles. The van der Waals surface area contributed by atoms with Gasteiger partial charge in [0.2, 0.25) is 5.88 Å². The number of hydrogen-bond donors (Lipinski definition) is 1. The lowest BCUT2D eigenvalue weighted by Crippen LogP contribution is -1.96. The number of aryl methyl sites for hydroxylation is 2. The molecule has 0 unspecified atom stereocenters. The molecular formula is C17H24N2O. The maximum atomic E-state index is 10.5. The van der Waals surface area contributed by atoms with Gasteiger partial charge in [-0.3, -0.25) is 0 Å². The second-order valence-corrected chi connectivity index (χ2v) is 5.35. The minimum Gasteiger partial charge on any atom is -0.493 e. The van der Waals surface area contributed by atoms with Gasteiger partial charge in [0.1, 0.15) is 0 Å².